The molecule has 2 aliphatic heterocycles. The van der Waals surface area contributed by atoms with Gasteiger partial charge in [-0.25, -0.2) is 19.6 Å². The predicted octanol–water partition coefficient (Wildman–Crippen LogP) is 6.62. The Bertz CT molecular complexity index is 2700. The summed E-state index contributed by atoms with van der Waals surface area (Å²) in [7, 11) is 2.52. The van der Waals surface area contributed by atoms with Crippen molar-refractivity contribution >= 4 is 45.8 Å². The number of carbonyl (C=O) groups excluding carboxylic acids is 4. The maximum atomic E-state index is 14.1. The fourth-order valence-electron chi connectivity index (χ4n) is 8.41. The number of imidazole rings is 2. The zero-order chi connectivity index (χ0) is 45.0. The van der Waals surface area contributed by atoms with Crippen LogP contribution in [-0.2, 0) is 35.1 Å². The first kappa shape index (κ1) is 43.4. The van der Waals surface area contributed by atoms with Crippen LogP contribution in [-0.4, -0.2) is 106 Å². The lowest BCUT2D eigenvalue weighted by Crippen LogP contribution is -2.54. The number of aromatic nitrogens is 4. The minimum absolute atomic E-state index is 0.0414. The summed E-state index contributed by atoms with van der Waals surface area (Å²) in [6.45, 7) is 4.73. The molecule has 2 fully saturated rings. The van der Waals surface area contributed by atoms with Gasteiger partial charge in [0.25, 0.3) is 11.7 Å². The summed E-state index contributed by atoms with van der Waals surface area (Å²) in [6, 6.07) is 25.4. The lowest BCUT2D eigenvalue weighted by Gasteiger charge is -2.33. The van der Waals surface area contributed by atoms with E-state index in [2.05, 4.69) is 50.8 Å². The number of rotatable bonds is 13. The second kappa shape index (κ2) is 18.6. The summed E-state index contributed by atoms with van der Waals surface area (Å²) in [6.07, 6.45) is 7.76. The van der Waals surface area contributed by atoms with Gasteiger partial charge in [-0.3, -0.25) is 9.59 Å². The van der Waals surface area contributed by atoms with Crippen molar-refractivity contribution in [1.82, 2.24) is 40.4 Å². The first-order valence-corrected chi connectivity index (χ1v) is 21.2. The van der Waals surface area contributed by atoms with Gasteiger partial charge in [-0.05, 0) is 64.5 Å². The van der Waals surface area contributed by atoms with Crippen molar-refractivity contribution in [3.05, 3.63) is 108 Å². The van der Waals surface area contributed by atoms with E-state index in [1.54, 1.807) is 11.1 Å². The molecule has 4 N–H and O–H groups in total. The van der Waals surface area contributed by atoms with Gasteiger partial charge < -0.3 is 49.3 Å². The number of hydrogen-bond donors (Lipinski definition) is 4. The van der Waals surface area contributed by atoms with Crippen LogP contribution in [0.15, 0.2) is 91.1 Å². The van der Waals surface area contributed by atoms with Crippen molar-refractivity contribution < 1.29 is 38.1 Å². The molecule has 2 aliphatic rings. The number of benzene rings is 4. The van der Waals surface area contributed by atoms with Crippen molar-refractivity contribution in [3.63, 3.8) is 0 Å². The topological polar surface area (TPSA) is 193 Å². The molecule has 0 saturated carbocycles. The molecular weight excluding hydrogens is 817 g/mol. The maximum absolute atomic E-state index is 14.1. The fraction of sp³-hybridized carbons (Fsp3) is 0.333. The number of hydrogen-bond acceptors (Lipinski definition) is 10. The lowest BCUT2D eigenvalue weighted by atomic mass is 9.99. The zero-order valence-electron chi connectivity index (χ0n) is 36.1. The van der Waals surface area contributed by atoms with Crippen LogP contribution in [0, 0.1) is 18.3 Å². The Hall–Kier alpha value is -7.22. The summed E-state index contributed by atoms with van der Waals surface area (Å²) in [4.78, 5) is 72.3. The molecule has 0 aliphatic carbocycles. The van der Waals surface area contributed by atoms with Crippen molar-refractivity contribution in [3.8, 4) is 34.7 Å². The molecule has 6 aromatic rings. The number of alkyl carbamates (subject to hydrolysis) is 2. The van der Waals surface area contributed by atoms with Gasteiger partial charge in [0.2, 0.25) is 5.91 Å². The lowest BCUT2D eigenvalue weighted by molar-refractivity contribution is -0.153. The third-order valence-corrected chi connectivity index (χ3v) is 11.7. The number of nitrogens with one attached hydrogen (secondary N) is 4. The number of methoxy groups -OCH3 is 2. The van der Waals surface area contributed by atoms with Gasteiger partial charge in [-0.2, -0.15) is 0 Å². The molecule has 330 valence electrons. The number of nitrogens with zero attached hydrogens (tertiary/aromatic N) is 4. The highest BCUT2D eigenvalue weighted by Gasteiger charge is 2.41. The Balaban J connectivity index is 0.994. The van der Waals surface area contributed by atoms with Gasteiger partial charge in [0.15, 0.2) is 0 Å². The van der Waals surface area contributed by atoms with Gasteiger partial charge in [0.1, 0.15) is 23.7 Å². The van der Waals surface area contributed by atoms with E-state index in [9.17, 15) is 19.2 Å². The second-order valence-corrected chi connectivity index (χ2v) is 16.2. The number of carbonyl (C=O) groups is 4. The third kappa shape index (κ3) is 8.99. The van der Waals surface area contributed by atoms with Crippen molar-refractivity contribution in [1.29, 1.82) is 0 Å². The highest BCUT2D eigenvalue weighted by atomic mass is 16.7. The number of terminal acetylenes is 1. The van der Waals surface area contributed by atoms with Crippen LogP contribution in [0.25, 0.3) is 44.2 Å². The zero-order valence-corrected chi connectivity index (χ0v) is 36.1. The molecule has 0 bridgehead atoms. The predicted molar refractivity (Wildman–Crippen MR) is 238 cm³/mol. The van der Waals surface area contributed by atoms with E-state index in [4.69, 9.17) is 35.3 Å². The molecule has 16 nitrogen and oxygen atoms in total. The SMILES string of the molecule is C#CC1(CN(Cc2nc3c(ccc4cc(-c5ccc(-c6cnc(C7CCCN7C(=O)C(NC(=O)OC)c7ccccc7)[nH]6)cc5)ccc43)[nH]2)C(=O)C(NC(=O)OC)C(C)C)OCCO1. The molecule has 64 heavy (non-hydrogen) atoms. The number of H-pyrrole nitrogens is 2. The van der Waals surface area contributed by atoms with Crippen molar-refractivity contribution in [2.45, 2.75) is 57.1 Å². The Morgan fingerprint density at radius 3 is 2.33 bits per heavy atom. The van der Waals surface area contributed by atoms with Gasteiger partial charge in [0, 0.05) is 11.9 Å². The quantitative estimate of drug-likeness (QED) is 0.0918. The van der Waals surface area contributed by atoms with E-state index >= 15 is 0 Å². The average Bonchev–Trinajstić information content (AvgIpc) is 4.17. The molecular formula is C48H50N8O8. The van der Waals surface area contributed by atoms with Crippen LogP contribution >= 0.6 is 0 Å². The van der Waals surface area contributed by atoms with Crippen LogP contribution in [0.4, 0.5) is 9.59 Å². The highest BCUT2D eigenvalue weighted by Crippen LogP contribution is 2.35. The number of amides is 4. The van der Waals surface area contributed by atoms with Crippen LogP contribution in [0.5, 0.6) is 0 Å². The van der Waals surface area contributed by atoms with Gasteiger partial charge in [-0.1, -0.05) is 86.6 Å². The summed E-state index contributed by atoms with van der Waals surface area (Å²) in [5, 5.41) is 7.26. The summed E-state index contributed by atoms with van der Waals surface area (Å²) in [5.41, 5.74) is 5.98. The standard InChI is InChI=1S/C48H50N8O8/c1-6-48(63-23-24-64-48)28-55(44(57)40(29(2)3)53-46(59)61-4)27-39-50-36-21-19-34-25-33(18-20-35(34)42(36)52-39)30-14-16-31(17-15-30)37-26-49-43(51-37)38-13-10-22-56(38)45(58)41(54-47(60)62-5)32-11-8-7-9-12-32/h1,7-9,11-12,14-21,25-26,29,38,40-41H,10,13,22-24,27-28H2,2-5H3,(H,49,51)(H,50,52)(H,53,59)(H,54,60). The molecule has 8 rings (SSSR count). The van der Waals surface area contributed by atoms with Crippen LogP contribution < -0.4 is 10.6 Å². The first-order chi connectivity index (χ1) is 31.0. The van der Waals surface area contributed by atoms with Gasteiger partial charge >= 0.3 is 12.2 Å². The van der Waals surface area contributed by atoms with Crippen LogP contribution in [0.3, 0.4) is 0 Å². The normalized spacial score (nSPS) is 16.6. The van der Waals surface area contributed by atoms with Gasteiger partial charge in [-0.15, -0.1) is 6.42 Å². The Kier molecular flexibility index (Phi) is 12.6. The Morgan fingerprint density at radius 1 is 0.922 bits per heavy atom. The minimum Gasteiger partial charge on any atom is -0.453 e. The van der Waals surface area contributed by atoms with Crippen molar-refractivity contribution in [2.75, 3.05) is 40.5 Å². The number of likely N-dealkylation sites (tertiary alicyclic amines) is 1. The number of fused-ring (bicyclic) bond motifs is 3. The second-order valence-electron chi connectivity index (χ2n) is 16.2. The molecule has 4 heterocycles. The largest absolute Gasteiger partial charge is 0.453 e. The molecule has 4 amide bonds. The minimum atomic E-state index is -1.43. The summed E-state index contributed by atoms with van der Waals surface area (Å²) in [5.74, 6) is 1.45. The summed E-state index contributed by atoms with van der Waals surface area (Å²) < 4.78 is 21.2. The monoisotopic (exact) mass is 866 g/mol. The maximum Gasteiger partial charge on any atom is 0.407 e. The Morgan fingerprint density at radius 2 is 1.62 bits per heavy atom. The summed E-state index contributed by atoms with van der Waals surface area (Å²) >= 11 is 0. The van der Waals surface area contributed by atoms with E-state index in [-0.39, 0.29) is 50.1 Å². The van der Waals surface area contributed by atoms with E-state index in [0.29, 0.717) is 23.8 Å². The molecule has 3 unspecified atom stereocenters. The number of aromatic amines is 2. The van der Waals surface area contributed by atoms with E-state index in [1.807, 2.05) is 74.5 Å². The molecule has 0 radical (unpaired) electrons. The van der Waals surface area contributed by atoms with E-state index in [1.165, 1.54) is 19.1 Å². The van der Waals surface area contributed by atoms with Gasteiger partial charge in [0.05, 0.1) is 69.5 Å². The fourth-order valence-corrected chi connectivity index (χ4v) is 8.41. The molecule has 3 atom stereocenters. The molecule has 16 heteroatoms. The highest BCUT2D eigenvalue weighted by molar-refractivity contribution is 6.05. The molecule has 0 spiro atoms. The third-order valence-electron chi connectivity index (χ3n) is 11.7. The first-order valence-electron chi connectivity index (χ1n) is 21.2. The average molecular weight is 867 g/mol. The molecule has 4 aromatic carbocycles. The van der Waals surface area contributed by atoms with Crippen LogP contribution in [0.1, 0.15) is 56.0 Å². The van der Waals surface area contributed by atoms with Crippen LogP contribution in [0.2, 0.25) is 0 Å². The Labute approximate surface area is 370 Å². The van der Waals surface area contributed by atoms with Crippen molar-refractivity contribution in [2.24, 2.45) is 5.92 Å². The molecule has 2 aromatic heterocycles. The smallest absolute Gasteiger partial charge is 0.407 e. The van der Waals surface area contributed by atoms with E-state index in [0.717, 1.165) is 57.0 Å². The molecule has 2 saturated heterocycles. The van der Waals surface area contributed by atoms with E-state index < -0.39 is 30.1 Å². The number of ether oxygens (including phenoxy) is 4.